The normalized spacial score (nSPS) is 15.0. The number of carbonyl (C=O) groups is 1. The van der Waals surface area contributed by atoms with Gasteiger partial charge in [-0.15, -0.1) is 0 Å². The minimum absolute atomic E-state index is 0.116. The van der Waals surface area contributed by atoms with E-state index in [9.17, 15) is 13.2 Å². The molecule has 1 aliphatic rings. The van der Waals surface area contributed by atoms with Crippen LogP contribution in [0.5, 0.6) is 0 Å². The Hall–Kier alpha value is -3.51. The van der Waals surface area contributed by atoms with E-state index in [4.69, 9.17) is 0 Å². The summed E-state index contributed by atoms with van der Waals surface area (Å²) in [6.45, 7) is 4.09. The molecule has 156 valence electrons. The number of rotatable bonds is 5. The molecule has 0 saturated carbocycles. The molecule has 0 saturated heterocycles. The van der Waals surface area contributed by atoms with Crippen LogP contribution < -0.4 is 5.32 Å². The van der Waals surface area contributed by atoms with Crippen molar-refractivity contribution in [2.45, 2.75) is 24.7 Å². The molecule has 0 bridgehead atoms. The minimum Gasteiger partial charge on any atom is -0.352 e. The number of anilines is 1. The Labute approximate surface area is 182 Å². The average Bonchev–Trinajstić information content (AvgIpc) is 2.77. The van der Waals surface area contributed by atoms with E-state index in [2.05, 4.69) is 9.71 Å². The Morgan fingerprint density at radius 3 is 2.06 bits per heavy atom. The molecule has 0 aromatic heterocycles. The smallest absolute Gasteiger partial charge is 0.282 e. The zero-order valence-electron chi connectivity index (χ0n) is 17.2. The highest BCUT2D eigenvalue weighted by Gasteiger charge is 2.26. The summed E-state index contributed by atoms with van der Waals surface area (Å²) in [4.78, 5) is 13.1. The predicted molar refractivity (Wildman–Crippen MR) is 123 cm³/mol. The maximum atomic E-state index is 13.0. The third-order valence-electron chi connectivity index (χ3n) is 5.09. The molecule has 1 aliphatic carbocycles. The zero-order valence-corrected chi connectivity index (χ0v) is 18.1. The first kappa shape index (κ1) is 20.8. The van der Waals surface area contributed by atoms with Gasteiger partial charge in [0.25, 0.3) is 10.0 Å². The fraction of sp³-hybridized carbons (Fsp3) is 0.120. The lowest BCUT2D eigenvalue weighted by Gasteiger charge is -2.18. The van der Waals surface area contributed by atoms with Gasteiger partial charge in [-0.3, -0.25) is 4.79 Å². The van der Waals surface area contributed by atoms with Crippen molar-refractivity contribution in [3.63, 3.8) is 0 Å². The molecule has 4 rings (SSSR count). The van der Waals surface area contributed by atoms with E-state index < -0.39 is 10.0 Å². The van der Waals surface area contributed by atoms with Gasteiger partial charge in [-0.2, -0.15) is 12.8 Å². The Morgan fingerprint density at radius 2 is 1.42 bits per heavy atom. The highest BCUT2D eigenvalue weighted by Crippen LogP contribution is 2.25. The Bertz CT molecular complexity index is 1290. The molecule has 5 nitrogen and oxygen atoms in total. The second kappa shape index (κ2) is 8.32. The standard InChI is InChI=1S/C25H22N2O3S/c1-17(2)18-12-14-20(15-13-18)31(29,30)27-23-16-24(26-19-8-4-3-5-9-19)25(28)22-11-7-6-10-21(22)23/h3-17,26H,1-2H3/b27-23-. The van der Waals surface area contributed by atoms with Gasteiger partial charge in [0, 0.05) is 16.8 Å². The Balaban J connectivity index is 1.78. The first-order chi connectivity index (χ1) is 14.8. The number of carbonyl (C=O) groups excluding carboxylic acids is 1. The summed E-state index contributed by atoms with van der Waals surface area (Å²) >= 11 is 0. The summed E-state index contributed by atoms with van der Waals surface area (Å²) in [5.74, 6) is 0.0888. The lowest BCUT2D eigenvalue weighted by atomic mass is 9.92. The van der Waals surface area contributed by atoms with Crippen molar-refractivity contribution in [1.29, 1.82) is 0 Å². The number of hydrogen-bond donors (Lipinski definition) is 1. The fourth-order valence-electron chi connectivity index (χ4n) is 3.38. The van der Waals surface area contributed by atoms with Crippen LogP contribution in [0.1, 0.15) is 41.3 Å². The molecule has 0 spiro atoms. The molecular weight excluding hydrogens is 408 g/mol. The highest BCUT2D eigenvalue weighted by molar-refractivity contribution is 7.90. The van der Waals surface area contributed by atoms with Gasteiger partial charge in [-0.05, 0) is 41.8 Å². The number of nitrogens with zero attached hydrogens (tertiary/aromatic N) is 1. The molecule has 0 heterocycles. The van der Waals surface area contributed by atoms with Crippen LogP contribution in [-0.2, 0) is 10.0 Å². The molecule has 0 unspecified atom stereocenters. The summed E-state index contributed by atoms with van der Waals surface area (Å²) in [7, 11) is -3.95. The lowest BCUT2D eigenvalue weighted by molar-refractivity contribution is 0.103. The molecular formula is C25H22N2O3S. The van der Waals surface area contributed by atoms with Crippen LogP contribution in [0.15, 0.2) is 99.9 Å². The van der Waals surface area contributed by atoms with Gasteiger partial charge < -0.3 is 5.32 Å². The SMILES string of the molecule is CC(C)c1ccc(S(=O)(=O)/N=C2/C=C(Nc3ccccc3)C(=O)c3ccccc32)cc1. The molecule has 31 heavy (non-hydrogen) atoms. The van der Waals surface area contributed by atoms with Crippen LogP contribution in [0.25, 0.3) is 0 Å². The number of ketones is 1. The fourth-order valence-corrected chi connectivity index (χ4v) is 4.38. The second-order valence-electron chi connectivity index (χ2n) is 7.60. The molecule has 0 radical (unpaired) electrons. The number of Topliss-reactive ketones (excluding diaryl/α,β-unsaturated/α-hetero) is 1. The average molecular weight is 431 g/mol. The maximum absolute atomic E-state index is 13.0. The third kappa shape index (κ3) is 4.34. The van der Waals surface area contributed by atoms with Crippen molar-refractivity contribution in [2.24, 2.45) is 4.40 Å². The number of allylic oxidation sites excluding steroid dienone is 2. The summed E-state index contributed by atoms with van der Waals surface area (Å²) in [5.41, 5.74) is 3.18. The van der Waals surface area contributed by atoms with Gasteiger partial charge in [0.2, 0.25) is 5.78 Å². The number of para-hydroxylation sites is 1. The maximum Gasteiger partial charge on any atom is 0.282 e. The quantitative estimate of drug-likeness (QED) is 0.605. The van der Waals surface area contributed by atoms with Gasteiger partial charge in [0.1, 0.15) is 0 Å². The second-order valence-corrected chi connectivity index (χ2v) is 9.20. The monoisotopic (exact) mass is 430 g/mol. The van der Waals surface area contributed by atoms with Crippen LogP contribution in [0.3, 0.4) is 0 Å². The minimum atomic E-state index is -3.95. The van der Waals surface area contributed by atoms with E-state index in [1.54, 1.807) is 48.5 Å². The van der Waals surface area contributed by atoms with Crippen molar-refractivity contribution in [2.75, 3.05) is 5.32 Å². The van der Waals surface area contributed by atoms with Crippen LogP contribution in [0.2, 0.25) is 0 Å². The van der Waals surface area contributed by atoms with E-state index in [0.29, 0.717) is 17.0 Å². The van der Waals surface area contributed by atoms with Crippen molar-refractivity contribution < 1.29 is 13.2 Å². The molecule has 1 N–H and O–H groups in total. The van der Waals surface area contributed by atoms with Gasteiger partial charge in [-0.25, -0.2) is 0 Å². The van der Waals surface area contributed by atoms with E-state index in [1.807, 2.05) is 44.2 Å². The summed E-state index contributed by atoms with van der Waals surface area (Å²) in [5, 5.41) is 3.08. The molecule has 6 heteroatoms. The van der Waals surface area contributed by atoms with Crippen LogP contribution in [0, 0.1) is 0 Å². The number of hydrogen-bond acceptors (Lipinski definition) is 4. The third-order valence-corrected chi connectivity index (χ3v) is 6.39. The summed E-state index contributed by atoms with van der Waals surface area (Å²) in [6, 6.07) is 22.9. The molecule has 0 fully saturated rings. The van der Waals surface area contributed by atoms with Gasteiger partial charge in [-0.1, -0.05) is 68.4 Å². The summed E-state index contributed by atoms with van der Waals surface area (Å²) in [6.07, 6.45) is 1.50. The predicted octanol–water partition coefficient (Wildman–Crippen LogP) is 5.18. The van der Waals surface area contributed by atoms with Crippen LogP contribution in [0.4, 0.5) is 5.69 Å². The number of nitrogens with one attached hydrogen (secondary N) is 1. The number of fused-ring (bicyclic) bond motifs is 1. The number of benzene rings is 3. The van der Waals surface area contributed by atoms with Gasteiger partial charge >= 0.3 is 0 Å². The van der Waals surface area contributed by atoms with E-state index in [0.717, 1.165) is 11.3 Å². The summed E-state index contributed by atoms with van der Waals surface area (Å²) < 4.78 is 30.1. The number of sulfonamides is 1. The Kier molecular flexibility index (Phi) is 5.57. The van der Waals surface area contributed by atoms with Gasteiger partial charge in [0.15, 0.2) is 0 Å². The molecule has 0 aliphatic heterocycles. The van der Waals surface area contributed by atoms with E-state index in [-0.39, 0.29) is 22.1 Å². The molecule has 0 atom stereocenters. The van der Waals surface area contributed by atoms with E-state index >= 15 is 0 Å². The van der Waals surface area contributed by atoms with Crippen molar-refractivity contribution >= 4 is 27.2 Å². The zero-order chi connectivity index (χ0) is 22.0. The Morgan fingerprint density at radius 1 is 0.806 bits per heavy atom. The van der Waals surface area contributed by atoms with Crippen molar-refractivity contribution in [1.82, 2.24) is 0 Å². The van der Waals surface area contributed by atoms with Crippen LogP contribution in [-0.4, -0.2) is 19.9 Å². The molecule has 0 amide bonds. The first-order valence-corrected chi connectivity index (χ1v) is 11.4. The highest BCUT2D eigenvalue weighted by atomic mass is 32.2. The molecule has 3 aromatic carbocycles. The van der Waals surface area contributed by atoms with E-state index in [1.165, 1.54) is 6.08 Å². The lowest BCUT2D eigenvalue weighted by Crippen LogP contribution is -2.22. The van der Waals surface area contributed by atoms with Crippen molar-refractivity contribution in [3.05, 3.63) is 107 Å². The first-order valence-electron chi connectivity index (χ1n) is 9.98. The van der Waals surface area contributed by atoms with Crippen molar-refractivity contribution in [3.8, 4) is 0 Å². The van der Waals surface area contributed by atoms with Crippen LogP contribution >= 0.6 is 0 Å². The largest absolute Gasteiger partial charge is 0.352 e. The van der Waals surface area contributed by atoms with Gasteiger partial charge in [0.05, 0.1) is 16.3 Å². The molecule has 3 aromatic rings. The topological polar surface area (TPSA) is 75.6 Å².